The first-order valence-electron chi connectivity index (χ1n) is 6.70. The van der Waals surface area contributed by atoms with Crippen molar-refractivity contribution in [1.29, 1.82) is 0 Å². The highest BCUT2D eigenvalue weighted by atomic mass is 35.5. The number of aromatic nitrogens is 1. The molecule has 118 valence electrons. The van der Waals surface area contributed by atoms with Crippen molar-refractivity contribution in [2.45, 2.75) is 26.7 Å². The van der Waals surface area contributed by atoms with E-state index in [0.29, 0.717) is 22.3 Å². The van der Waals surface area contributed by atoms with E-state index >= 15 is 0 Å². The summed E-state index contributed by atoms with van der Waals surface area (Å²) in [5.41, 5.74) is 2.56. The Labute approximate surface area is 137 Å². The molecule has 5 nitrogen and oxygen atoms in total. The zero-order chi connectivity index (χ0) is 16.3. The van der Waals surface area contributed by atoms with Crippen molar-refractivity contribution in [1.82, 2.24) is 4.98 Å². The highest BCUT2D eigenvalue weighted by molar-refractivity contribution is 7.15. The minimum Gasteiger partial charge on any atom is -0.495 e. The maximum absolute atomic E-state index is 10.7. The number of thiazole rings is 1. The van der Waals surface area contributed by atoms with E-state index in [1.165, 1.54) is 11.3 Å². The number of nitrogens with zero attached hydrogens (tertiary/aromatic N) is 1. The van der Waals surface area contributed by atoms with E-state index in [0.717, 1.165) is 21.8 Å². The second-order valence-corrected chi connectivity index (χ2v) is 6.34. The number of hydrogen-bond donors (Lipinski definition) is 2. The lowest BCUT2D eigenvalue weighted by molar-refractivity contribution is -0.136. The third kappa shape index (κ3) is 3.90. The van der Waals surface area contributed by atoms with Crippen molar-refractivity contribution in [3.8, 4) is 5.75 Å². The first kappa shape index (κ1) is 16.6. The number of methoxy groups -OCH3 is 1. The van der Waals surface area contributed by atoms with Gasteiger partial charge in [0.05, 0.1) is 24.9 Å². The molecule has 0 spiro atoms. The van der Waals surface area contributed by atoms with Crippen LogP contribution < -0.4 is 10.1 Å². The number of aryl methyl sites for hydroxylation is 3. The van der Waals surface area contributed by atoms with Crippen molar-refractivity contribution in [3.63, 3.8) is 0 Å². The Morgan fingerprint density at radius 1 is 1.45 bits per heavy atom. The average molecular weight is 341 g/mol. The van der Waals surface area contributed by atoms with Crippen LogP contribution in [0, 0.1) is 13.8 Å². The summed E-state index contributed by atoms with van der Waals surface area (Å²) in [6.07, 6.45) is 0.586. The van der Waals surface area contributed by atoms with E-state index in [-0.39, 0.29) is 6.42 Å². The molecule has 0 saturated heterocycles. The van der Waals surface area contributed by atoms with Gasteiger partial charge in [0.25, 0.3) is 0 Å². The third-order valence-corrected chi connectivity index (χ3v) is 4.72. The summed E-state index contributed by atoms with van der Waals surface area (Å²) in [7, 11) is 1.58. The molecule has 0 atom stereocenters. The van der Waals surface area contributed by atoms with Gasteiger partial charge in [-0.15, -0.1) is 11.3 Å². The van der Waals surface area contributed by atoms with Gasteiger partial charge in [0.2, 0.25) is 0 Å². The summed E-state index contributed by atoms with van der Waals surface area (Å²) in [5, 5.41) is 13.3. The van der Waals surface area contributed by atoms with Crippen LogP contribution in [0.5, 0.6) is 5.75 Å². The van der Waals surface area contributed by atoms with Crippen molar-refractivity contribution in [2.75, 3.05) is 12.4 Å². The zero-order valence-electron chi connectivity index (χ0n) is 12.6. The standard InChI is InChI=1S/C15H17ClN2O3S/c1-8-6-11(12(21-3)7-10(8)16)18-15-17-9(2)13(22-15)4-5-14(19)20/h6-7H,4-5H2,1-3H3,(H,17,18)(H,19,20). The van der Waals surface area contributed by atoms with Crippen LogP contribution in [0.15, 0.2) is 12.1 Å². The molecule has 1 aromatic heterocycles. The van der Waals surface area contributed by atoms with Gasteiger partial charge < -0.3 is 15.2 Å². The van der Waals surface area contributed by atoms with Gasteiger partial charge in [-0.3, -0.25) is 4.79 Å². The number of aliphatic carboxylic acids is 1. The lowest BCUT2D eigenvalue weighted by Crippen LogP contribution is -1.96. The van der Waals surface area contributed by atoms with Crippen molar-refractivity contribution in [2.24, 2.45) is 0 Å². The Balaban J connectivity index is 2.22. The van der Waals surface area contributed by atoms with Crippen molar-refractivity contribution < 1.29 is 14.6 Å². The van der Waals surface area contributed by atoms with E-state index in [1.54, 1.807) is 13.2 Å². The van der Waals surface area contributed by atoms with Crippen LogP contribution >= 0.6 is 22.9 Å². The fraction of sp³-hybridized carbons (Fsp3) is 0.333. The second kappa shape index (κ2) is 6.98. The van der Waals surface area contributed by atoms with Gasteiger partial charge in [-0.2, -0.15) is 0 Å². The monoisotopic (exact) mass is 340 g/mol. The first-order chi connectivity index (χ1) is 10.4. The highest BCUT2D eigenvalue weighted by Gasteiger charge is 2.12. The first-order valence-corrected chi connectivity index (χ1v) is 7.89. The van der Waals surface area contributed by atoms with Crippen LogP contribution in [0.3, 0.4) is 0 Å². The lowest BCUT2D eigenvalue weighted by atomic mass is 10.2. The second-order valence-electron chi connectivity index (χ2n) is 4.85. The van der Waals surface area contributed by atoms with Gasteiger partial charge in [-0.05, 0) is 31.9 Å². The van der Waals surface area contributed by atoms with Crippen LogP contribution in [0.25, 0.3) is 0 Å². The summed E-state index contributed by atoms with van der Waals surface area (Å²) >= 11 is 7.54. The van der Waals surface area contributed by atoms with E-state index in [9.17, 15) is 4.79 Å². The number of rotatable bonds is 6. The number of halogens is 1. The quantitative estimate of drug-likeness (QED) is 0.825. The molecule has 0 aliphatic rings. The van der Waals surface area contributed by atoms with E-state index < -0.39 is 5.97 Å². The number of anilines is 2. The summed E-state index contributed by atoms with van der Waals surface area (Å²) in [5.74, 6) is -0.173. The molecule has 0 bridgehead atoms. The predicted molar refractivity (Wildman–Crippen MR) is 88.8 cm³/mol. The van der Waals surface area contributed by atoms with Gasteiger partial charge in [-0.25, -0.2) is 4.98 Å². The molecule has 22 heavy (non-hydrogen) atoms. The van der Waals surface area contributed by atoms with Crippen molar-refractivity contribution in [3.05, 3.63) is 33.3 Å². The minimum absolute atomic E-state index is 0.103. The summed E-state index contributed by atoms with van der Waals surface area (Å²) < 4.78 is 5.32. The number of carboxylic acid groups (broad SMARTS) is 1. The molecular formula is C15H17ClN2O3S. The number of carbonyl (C=O) groups is 1. The number of carboxylic acids is 1. The van der Waals surface area contributed by atoms with Crippen LogP contribution in [-0.2, 0) is 11.2 Å². The lowest BCUT2D eigenvalue weighted by Gasteiger charge is -2.11. The largest absolute Gasteiger partial charge is 0.495 e. The van der Waals surface area contributed by atoms with Crippen LogP contribution in [-0.4, -0.2) is 23.2 Å². The molecule has 0 saturated carbocycles. The Hall–Kier alpha value is -1.79. The molecule has 1 heterocycles. The zero-order valence-corrected chi connectivity index (χ0v) is 14.1. The van der Waals surface area contributed by atoms with E-state index in [1.807, 2.05) is 19.9 Å². The summed E-state index contributed by atoms with van der Waals surface area (Å²) in [6.45, 7) is 3.79. The van der Waals surface area contributed by atoms with Gasteiger partial charge in [-0.1, -0.05) is 11.6 Å². The molecule has 2 N–H and O–H groups in total. The molecule has 0 aliphatic heterocycles. The molecule has 0 unspecified atom stereocenters. The van der Waals surface area contributed by atoms with E-state index in [4.69, 9.17) is 21.4 Å². The number of nitrogens with one attached hydrogen (secondary N) is 1. The number of benzene rings is 1. The topological polar surface area (TPSA) is 71.5 Å². The van der Waals surface area contributed by atoms with Crippen LogP contribution in [0.1, 0.15) is 22.6 Å². The maximum Gasteiger partial charge on any atom is 0.303 e. The van der Waals surface area contributed by atoms with Gasteiger partial charge in [0.15, 0.2) is 5.13 Å². The fourth-order valence-electron chi connectivity index (χ4n) is 1.98. The van der Waals surface area contributed by atoms with Gasteiger partial charge >= 0.3 is 5.97 Å². The molecule has 1 aromatic carbocycles. The third-order valence-electron chi connectivity index (χ3n) is 3.18. The Kier molecular flexibility index (Phi) is 5.26. The Morgan fingerprint density at radius 2 is 2.18 bits per heavy atom. The highest BCUT2D eigenvalue weighted by Crippen LogP contribution is 2.35. The SMILES string of the molecule is COc1cc(Cl)c(C)cc1Nc1nc(C)c(CCC(=O)O)s1. The van der Waals surface area contributed by atoms with Crippen molar-refractivity contribution >= 4 is 39.7 Å². The number of ether oxygens (including phenoxy) is 1. The van der Waals surface area contributed by atoms with E-state index in [2.05, 4.69) is 10.3 Å². The molecule has 7 heteroatoms. The molecule has 2 rings (SSSR count). The Morgan fingerprint density at radius 3 is 2.82 bits per heavy atom. The fourth-order valence-corrected chi connectivity index (χ4v) is 3.11. The molecule has 0 amide bonds. The summed E-state index contributed by atoms with van der Waals surface area (Å²) in [4.78, 5) is 16.1. The van der Waals surface area contributed by atoms with Crippen LogP contribution in [0.4, 0.5) is 10.8 Å². The smallest absolute Gasteiger partial charge is 0.303 e. The molecular weight excluding hydrogens is 324 g/mol. The van der Waals surface area contributed by atoms with Crippen LogP contribution in [0.2, 0.25) is 5.02 Å². The molecule has 2 aromatic rings. The van der Waals surface area contributed by atoms with Gasteiger partial charge in [0.1, 0.15) is 5.75 Å². The molecule has 0 fully saturated rings. The maximum atomic E-state index is 10.7. The minimum atomic E-state index is -0.808. The Bertz CT molecular complexity index is 700. The van der Waals surface area contributed by atoms with Gasteiger partial charge in [0, 0.05) is 16.0 Å². The number of hydrogen-bond acceptors (Lipinski definition) is 5. The molecule has 0 radical (unpaired) electrons. The molecule has 0 aliphatic carbocycles. The predicted octanol–water partition coefficient (Wildman–Crippen LogP) is 4.18. The normalized spacial score (nSPS) is 10.5. The average Bonchev–Trinajstić information content (AvgIpc) is 2.80. The summed E-state index contributed by atoms with van der Waals surface area (Å²) in [6, 6.07) is 3.65.